The van der Waals surface area contributed by atoms with E-state index in [2.05, 4.69) is 16.7 Å². The smallest absolute Gasteiger partial charge is 0.246 e. The van der Waals surface area contributed by atoms with Gasteiger partial charge in [-0.15, -0.1) is 0 Å². The van der Waals surface area contributed by atoms with Gasteiger partial charge in [0.05, 0.1) is 6.61 Å². The molecule has 2 saturated heterocycles. The van der Waals surface area contributed by atoms with E-state index in [-0.39, 0.29) is 36.0 Å². The van der Waals surface area contributed by atoms with Gasteiger partial charge in [0.15, 0.2) is 0 Å². The van der Waals surface area contributed by atoms with Crippen molar-refractivity contribution < 1.29 is 22.7 Å². The Morgan fingerprint density at radius 2 is 1.85 bits per heavy atom. The molecule has 2 aromatic carbocycles. The van der Waals surface area contributed by atoms with Crippen LogP contribution < -0.4 is 0 Å². The van der Waals surface area contributed by atoms with Crippen molar-refractivity contribution in [1.82, 2.24) is 9.21 Å². The van der Waals surface area contributed by atoms with Crippen LogP contribution in [-0.2, 0) is 14.8 Å². The number of methoxy groups -OCH3 is 1. The summed E-state index contributed by atoms with van der Waals surface area (Å²) in [5.74, 6) is 5.21. The lowest BCUT2D eigenvalue weighted by Crippen LogP contribution is -2.67. The van der Waals surface area contributed by atoms with E-state index in [1.165, 1.54) is 28.6 Å². The van der Waals surface area contributed by atoms with E-state index >= 15 is 0 Å². The Bertz CT molecular complexity index is 1130. The molecule has 0 aromatic heterocycles. The summed E-state index contributed by atoms with van der Waals surface area (Å²) >= 11 is 0. The highest BCUT2D eigenvalue weighted by molar-refractivity contribution is 7.89. The third-order valence-electron chi connectivity index (χ3n) is 6.53. The molecule has 2 aliphatic rings. The predicted octanol–water partition coefficient (Wildman–Crippen LogP) is 2.44. The van der Waals surface area contributed by atoms with E-state index in [0.717, 1.165) is 24.1 Å². The van der Waals surface area contributed by atoms with Crippen LogP contribution in [0.15, 0.2) is 53.4 Å². The highest BCUT2D eigenvalue weighted by Crippen LogP contribution is 2.42. The molecular formula is C25H29FN2O4S. The number of aliphatic hydroxyl groups excluding tert-OH is 1. The minimum absolute atomic E-state index is 0.00335. The minimum Gasteiger partial charge on any atom is -0.395 e. The molecule has 8 heteroatoms. The van der Waals surface area contributed by atoms with Crippen LogP contribution >= 0.6 is 0 Å². The summed E-state index contributed by atoms with van der Waals surface area (Å²) in [7, 11) is -2.37. The van der Waals surface area contributed by atoms with Gasteiger partial charge < -0.3 is 9.84 Å². The third-order valence-corrected chi connectivity index (χ3v) is 8.43. The van der Waals surface area contributed by atoms with E-state index in [1.54, 1.807) is 7.11 Å². The van der Waals surface area contributed by atoms with E-state index in [4.69, 9.17) is 4.74 Å². The first-order chi connectivity index (χ1) is 16.0. The van der Waals surface area contributed by atoms with Crippen molar-refractivity contribution in [3.05, 3.63) is 65.5 Å². The summed E-state index contributed by atoms with van der Waals surface area (Å²) in [6.07, 6.45) is 1.51. The van der Waals surface area contributed by atoms with Crippen molar-refractivity contribution in [3.8, 4) is 11.8 Å². The van der Waals surface area contributed by atoms with Crippen molar-refractivity contribution in [2.24, 2.45) is 0 Å². The van der Waals surface area contributed by atoms with E-state index in [9.17, 15) is 17.9 Å². The van der Waals surface area contributed by atoms with E-state index in [0.29, 0.717) is 19.6 Å². The Labute approximate surface area is 195 Å². The number of fused-ring (bicyclic) bond motifs is 1. The number of sulfonamides is 1. The highest BCUT2D eigenvalue weighted by atomic mass is 32.2. The van der Waals surface area contributed by atoms with Gasteiger partial charge in [0.25, 0.3) is 0 Å². The van der Waals surface area contributed by atoms with Crippen LogP contribution in [0.4, 0.5) is 4.39 Å². The average Bonchev–Trinajstić information content (AvgIpc) is 2.79. The maximum Gasteiger partial charge on any atom is 0.246 e. The molecule has 176 valence electrons. The quantitative estimate of drug-likeness (QED) is 0.677. The lowest BCUT2D eigenvalue weighted by atomic mass is 9.74. The first kappa shape index (κ1) is 23.9. The van der Waals surface area contributed by atoms with Crippen LogP contribution in [0.1, 0.15) is 29.9 Å². The number of rotatable bonds is 5. The fraction of sp³-hybridized carbons (Fsp3) is 0.440. The zero-order valence-electron chi connectivity index (χ0n) is 18.7. The zero-order valence-corrected chi connectivity index (χ0v) is 19.5. The second-order valence-electron chi connectivity index (χ2n) is 8.44. The maximum atomic E-state index is 14.3. The predicted molar refractivity (Wildman–Crippen MR) is 124 cm³/mol. The third kappa shape index (κ3) is 4.84. The van der Waals surface area contributed by atoms with E-state index < -0.39 is 15.8 Å². The number of nitrogens with zero attached hydrogens (tertiary/aromatic N) is 2. The van der Waals surface area contributed by atoms with Gasteiger partial charge >= 0.3 is 0 Å². The number of aliphatic hydroxyl groups is 1. The van der Waals surface area contributed by atoms with Crippen LogP contribution in [0, 0.1) is 17.7 Å². The lowest BCUT2D eigenvalue weighted by Gasteiger charge is -2.57. The molecule has 2 aromatic rings. The van der Waals surface area contributed by atoms with Gasteiger partial charge in [-0.25, -0.2) is 12.8 Å². The number of halogens is 1. The topological polar surface area (TPSA) is 70.1 Å². The Hall–Kier alpha value is -2.28. The molecule has 0 saturated carbocycles. The van der Waals surface area contributed by atoms with Gasteiger partial charge in [0.1, 0.15) is 17.3 Å². The summed E-state index contributed by atoms with van der Waals surface area (Å²) in [6.45, 7) is 1.77. The molecule has 33 heavy (non-hydrogen) atoms. The molecule has 4 rings (SSSR count). The van der Waals surface area contributed by atoms with Gasteiger partial charge in [-0.05, 0) is 49.2 Å². The zero-order chi connectivity index (χ0) is 23.4. The van der Waals surface area contributed by atoms with Gasteiger partial charge in [0.2, 0.25) is 10.0 Å². The summed E-state index contributed by atoms with van der Waals surface area (Å²) in [4.78, 5) is 1.91. The molecular weight excluding hydrogens is 443 g/mol. The summed E-state index contributed by atoms with van der Waals surface area (Å²) in [5, 5.41) is 10.1. The monoisotopic (exact) mass is 472 g/mol. The Morgan fingerprint density at radius 1 is 1.12 bits per heavy atom. The van der Waals surface area contributed by atoms with Crippen LogP contribution in [0.2, 0.25) is 0 Å². The number of ether oxygens (including phenoxy) is 1. The molecule has 1 N–H and O–H groups in total. The summed E-state index contributed by atoms with van der Waals surface area (Å²) < 4.78 is 47.3. The average molecular weight is 473 g/mol. The van der Waals surface area contributed by atoms with Crippen LogP contribution in [-0.4, -0.2) is 74.8 Å². The fourth-order valence-corrected chi connectivity index (χ4v) is 6.48. The summed E-state index contributed by atoms with van der Waals surface area (Å²) in [6, 6.07) is 13.2. The number of hydrogen-bond donors (Lipinski definition) is 1. The van der Waals surface area contributed by atoms with Gasteiger partial charge in [0, 0.05) is 43.8 Å². The van der Waals surface area contributed by atoms with Crippen LogP contribution in [0.5, 0.6) is 0 Å². The van der Waals surface area contributed by atoms with Gasteiger partial charge in [-0.2, -0.15) is 4.31 Å². The molecule has 3 atom stereocenters. The number of hydrogen-bond acceptors (Lipinski definition) is 5. The number of benzene rings is 2. The highest BCUT2D eigenvalue weighted by Gasteiger charge is 2.50. The summed E-state index contributed by atoms with van der Waals surface area (Å²) in [5.41, 5.74) is 1.91. The van der Waals surface area contributed by atoms with Crippen molar-refractivity contribution in [3.63, 3.8) is 0 Å². The largest absolute Gasteiger partial charge is 0.395 e. The van der Waals surface area contributed by atoms with Crippen LogP contribution in [0.25, 0.3) is 0 Å². The standard InChI is InChI=1S/C25H29FN2O4S/c1-32-16-6-7-19-10-12-20(13-11-19)25-22-17-27(14-4-5-15-28(22)23(25)18-29)33(30,31)24-9-3-2-8-21(24)26/h2-3,8-13,22-23,25,29H,4-5,14-18H2,1H3/t22-,23+,25+/m1/s1. The molecule has 0 aliphatic carbocycles. The second kappa shape index (κ2) is 10.3. The molecule has 2 aliphatic heterocycles. The van der Waals surface area contributed by atoms with Crippen molar-refractivity contribution in [2.75, 3.05) is 40.0 Å². The molecule has 0 bridgehead atoms. The first-order valence-electron chi connectivity index (χ1n) is 11.2. The second-order valence-corrected chi connectivity index (χ2v) is 10.3. The van der Waals surface area contributed by atoms with Crippen LogP contribution in [0.3, 0.4) is 0 Å². The van der Waals surface area contributed by atoms with Crippen molar-refractivity contribution in [2.45, 2.75) is 35.7 Å². The first-order valence-corrected chi connectivity index (χ1v) is 12.6. The maximum absolute atomic E-state index is 14.3. The minimum atomic E-state index is -3.97. The molecule has 2 heterocycles. The Balaban J connectivity index is 1.60. The molecule has 0 unspecified atom stereocenters. The van der Waals surface area contributed by atoms with Gasteiger partial charge in [-0.1, -0.05) is 36.1 Å². The fourth-order valence-electron chi connectivity index (χ4n) is 4.92. The Kier molecular flexibility index (Phi) is 7.47. The Morgan fingerprint density at radius 3 is 2.55 bits per heavy atom. The molecule has 2 fully saturated rings. The molecule has 0 spiro atoms. The SMILES string of the molecule is COCC#Cc1ccc([C@H]2[C@H]3CN(S(=O)(=O)c4ccccc4F)CCCCN3[C@H]2CO)cc1. The normalized spacial score (nSPS) is 24.0. The lowest BCUT2D eigenvalue weighted by molar-refractivity contribution is -0.0554. The molecule has 0 amide bonds. The molecule has 0 radical (unpaired) electrons. The van der Waals surface area contributed by atoms with E-state index in [1.807, 2.05) is 24.3 Å². The van der Waals surface area contributed by atoms with Crippen molar-refractivity contribution >= 4 is 10.0 Å². The van der Waals surface area contributed by atoms with Gasteiger partial charge in [-0.3, -0.25) is 4.90 Å². The van der Waals surface area contributed by atoms with Crippen molar-refractivity contribution in [1.29, 1.82) is 0 Å². The molecule has 6 nitrogen and oxygen atoms in total.